The fourth-order valence-corrected chi connectivity index (χ4v) is 3.41. The van der Waals surface area contributed by atoms with Crippen molar-refractivity contribution in [2.45, 2.75) is 85.2 Å². The van der Waals surface area contributed by atoms with Crippen LogP contribution in [0.2, 0.25) is 0 Å². The molecule has 0 amide bonds. The van der Waals surface area contributed by atoms with Crippen molar-refractivity contribution in [2.24, 2.45) is 17.3 Å². The minimum absolute atomic E-state index is 0.0387. The Morgan fingerprint density at radius 1 is 1.04 bits per heavy atom. The van der Waals surface area contributed by atoms with Gasteiger partial charge in [-0.15, -0.1) is 0 Å². The Bertz CT molecular complexity index is 389. The van der Waals surface area contributed by atoms with E-state index in [2.05, 4.69) is 6.92 Å². The Morgan fingerprint density at radius 2 is 1.65 bits per heavy atom. The van der Waals surface area contributed by atoms with E-state index in [0.29, 0.717) is 12.5 Å². The van der Waals surface area contributed by atoms with Gasteiger partial charge >= 0.3 is 5.97 Å². The minimum atomic E-state index is -0.992. The predicted octanol–water partition coefficient (Wildman–Crippen LogP) is 3.89. The van der Waals surface area contributed by atoms with Crippen LogP contribution in [0, 0.1) is 17.3 Å². The molecule has 1 N–H and O–H groups in total. The fourth-order valence-electron chi connectivity index (χ4n) is 3.41. The van der Waals surface area contributed by atoms with Crippen LogP contribution < -0.4 is 0 Å². The van der Waals surface area contributed by atoms with Crippen LogP contribution >= 0.6 is 0 Å². The van der Waals surface area contributed by atoms with Crippen molar-refractivity contribution in [3.63, 3.8) is 0 Å². The molecule has 0 saturated carbocycles. The quantitative estimate of drug-likeness (QED) is 0.686. The van der Waals surface area contributed by atoms with Crippen LogP contribution in [0.5, 0.6) is 0 Å². The maximum atomic E-state index is 12.7. The van der Waals surface area contributed by atoms with Crippen LogP contribution in [0.3, 0.4) is 0 Å². The van der Waals surface area contributed by atoms with Gasteiger partial charge in [0.15, 0.2) is 0 Å². The first kappa shape index (κ1) is 20.1. The van der Waals surface area contributed by atoms with Gasteiger partial charge in [0.25, 0.3) is 0 Å². The number of Topliss-reactive ketones (excluding diaryl/α,β-unsaturated/α-hetero) is 1. The third-order valence-electron chi connectivity index (χ3n) is 5.14. The van der Waals surface area contributed by atoms with Crippen molar-refractivity contribution in [2.75, 3.05) is 6.61 Å². The van der Waals surface area contributed by atoms with E-state index >= 15 is 0 Å². The van der Waals surface area contributed by atoms with Crippen LogP contribution in [-0.2, 0) is 14.3 Å². The van der Waals surface area contributed by atoms with Crippen molar-refractivity contribution in [1.29, 1.82) is 0 Å². The number of esters is 1. The molecule has 0 aromatic rings. The second-order valence-corrected chi connectivity index (χ2v) is 7.82. The zero-order valence-corrected chi connectivity index (χ0v) is 15.3. The summed E-state index contributed by atoms with van der Waals surface area (Å²) in [5.74, 6) is 0.0431. The van der Waals surface area contributed by atoms with Crippen molar-refractivity contribution in [1.82, 2.24) is 0 Å². The third kappa shape index (κ3) is 6.62. The summed E-state index contributed by atoms with van der Waals surface area (Å²) in [6, 6.07) is 0. The summed E-state index contributed by atoms with van der Waals surface area (Å²) in [7, 11) is 0. The first-order valence-electron chi connectivity index (χ1n) is 9.13. The van der Waals surface area contributed by atoms with Gasteiger partial charge in [-0.25, -0.2) is 0 Å². The number of rotatable bonds is 0. The molecule has 1 aliphatic heterocycles. The number of aliphatic hydroxyl groups excluding tert-OH is 1. The molecule has 4 heteroatoms. The highest BCUT2D eigenvalue weighted by atomic mass is 16.5. The van der Waals surface area contributed by atoms with Crippen molar-refractivity contribution in [3.8, 4) is 0 Å². The van der Waals surface area contributed by atoms with Gasteiger partial charge in [0.05, 0.1) is 24.5 Å². The first-order valence-corrected chi connectivity index (χ1v) is 9.13. The van der Waals surface area contributed by atoms with E-state index in [-0.39, 0.29) is 18.1 Å². The molecule has 4 nitrogen and oxygen atoms in total. The van der Waals surface area contributed by atoms with Gasteiger partial charge in [-0.1, -0.05) is 59.8 Å². The molecule has 1 heterocycles. The van der Waals surface area contributed by atoms with E-state index in [4.69, 9.17) is 4.74 Å². The van der Waals surface area contributed by atoms with Crippen molar-refractivity contribution < 1.29 is 19.4 Å². The second-order valence-electron chi connectivity index (χ2n) is 7.82. The smallest absolute Gasteiger partial charge is 0.308 e. The number of hydrogen-bond donors (Lipinski definition) is 1. The van der Waals surface area contributed by atoms with Crippen molar-refractivity contribution >= 4 is 11.8 Å². The summed E-state index contributed by atoms with van der Waals surface area (Å²) >= 11 is 0. The number of aliphatic hydroxyl groups is 1. The van der Waals surface area contributed by atoms with E-state index in [1.54, 1.807) is 13.8 Å². The number of ketones is 1. The normalized spacial score (nSPS) is 32.3. The maximum Gasteiger partial charge on any atom is 0.308 e. The highest BCUT2D eigenvalue weighted by Gasteiger charge is 2.39. The molecule has 1 rings (SSSR count). The molecule has 0 aromatic carbocycles. The average molecular weight is 326 g/mol. The molecule has 134 valence electrons. The zero-order valence-electron chi connectivity index (χ0n) is 15.3. The Balaban J connectivity index is 2.76. The molecular weight excluding hydrogens is 292 g/mol. The van der Waals surface area contributed by atoms with Gasteiger partial charge in [0, 0.05) is 5.92 Å². The molecule has 0 radical (unpaired) electrons. The summed E-state index contributed by atoms with van der Waals surface area (Å²) in [6.07, 6.45) is 6.39. The molecular formula is C19H34O4. The van der Waals surface area contributed by atoms with E-state index in [9.17, 15) is 14.7 Å². The first-order chi connectivity index (χ1) is 10.7. The SMILES string of the molecule is C[C@H]1CCCCCCCOC(=O)C[C@H](O)C(C)(C)C(=O)[C@H](C)C1. The monoisotopic (exact) mass is 326 g/mol. The summed E-state index contributed by atoms with van der Waals surface area (Å²) in [5.41, 5.74) is -0.921. The summed E-state index contributed by atoms with van der Waals surface area (Å²) < 4.78 is 5.18. The molecule has 3 atom stereocenters. The average Bonchev–Trinajstić information content (AvgIpc) is 2.47. The third-order valence-corrected chi connectivity index (χ3v) is 5.14. The molecule has 23 heavy (non-hydrogen) atoms. The number of hydrogen-bond acceptors (Lipinski definition) is 4. The Kier molecular flexibility index (Phi) is 8.24. The Morgan fingerprint density at radius 3 is 2.35 bits per heavy atom. The minimum Gasteiger partial charge on any atom is -0.466 e. The summed E-state index contributed by atoms with van der Waals surface area (Å²) in [6.45, 7) is 8.02. The molecule has 0 aromatic heterocycles. The van der Waals surface area contributed by atoms with Gasteiger partial charge in [-0.05, 0) is 18.8 Å². The topological polar surface area (TPSA) is 63.6 Å². The molecule has 0 bridgehead atoms. The standard InChI is InChI=1S/C19H34O4/c1-14-10-8-6-5-7-9-11-23-17(21)13-16(20)19(3,4)18(22)15(2)12-14/h14-16,20H,5-13H2,1-4H3/t14-,15+,16-/m0/s1. The van der Waals surface area contributed by atoms with Gasteiger partial charge in [-0.2, -0.15) is 0 Å². The van der Waals surface area contributed by atoms with E-state index in [1.807, 2.05) is 6.92 Å². The van der Waals surface area contributed by atoms with E-state index in [1.165, 1.54) is 12.8 Å². The molecule has 1 fully saturated rings. The zero-order chi connectivity index (χ0) is 17.5. The van der Waals surface area contributed by atoms with Gasteiger partial charge in [0.2, 0.25) is 0 Å². The fraction of sp³-hybridized carbons (Fsp3) is 0.895. The second kappa shape index (κ2) is 9.41. The number of ether oxygens (including phenoxy) is 1. The van der Waals surface area contributed by atoms with Crippen LogP contribution in [0.4, 0.5) is 0 Å². The van der Waals surface area contributed by atoms with Gasteiger partial charge in [-0.3, -0.25) is 9.59 Å². The van der Waals surface area contributed by atoms with E-state index < -0.39 is 17.5 Å². The molecule has 1 aliphatic rings. The highest BCUT2D eigenvalue weighted by molar-refractivity contribution is 5.87. The highest BCUT2D eigenvalue weighted by Crippen LogP contribution is 2.31. The lowest BCUT2D eigenvalue weighted by atomic mass is 9.74. The Hall–Kier alpha value is -0.900. The molecule has 0 spiro atoms. The van der Waals surface area contributed by atoms with Crippen LogP contribution in [0.15, 0.2) is 0 Å². The maximum absolute atomic E-state index is 12.7. The molecule has 0 aliphatic carbocycles. The predicted molar refractivity (Wildman–Crippen MR) is 91.0 cm³/mol. The van der Waals surface area contributed by atoms with Crippen LogP contribution in [0.1, 0.15) is 79.1 Å². The lowest BCUT2D eigenvalue weighted by molar-refractivity contribution is -0.150. The number of carbonyl (C=O) groups is 2. The van der Waals surface area contributed by atoms with Crippen molar-refractivity contribution in [3.05, 3.63) is 0 Å². The summed E-state index contributed by atoms with van der Waals surface area (Å²) in [5, 5.41) is 10.4. The van der Waals surface area contributed by atoms with Gasteiger partial charge in [0.1, 0.15) is 5.78 Å². The molecule has 1 saturated heterocycles. The van der Waals surface area contributed by atoms with Crippen LogP contribution in [-0.4, -0.2) is 29.6 Å². The summed E-state index contributed by atoms with van der Waals surface area (Å²) in [4.78, 5) is 24.5. The van der Waals surface area contributed by atoms with E-state index in [0.717, 1.165) is 32.1 Å². The molecule has 0 unspecified atom stereocenters. The largest absolute Gasteiger partial charge is 0.466 e. The lowest BCUT2D eigenvalue weighted by Gasteiger charge is -2.32. The van der Waals surface area contributed by atoms with Gasteiger partial charge < -0.3 is 9.84 Å². The van der Waals surface area contributed by atoms with Crippen LogP contribution in [0.25, 0.3) is 0 Å². The number of carbonyl (C=O) groups excluding carboxylic acids is 2. The number of cyclic esters (lactones) is 1. The lowest BCUT2D eigenvalue weighted by Crippen LogP contribution is -2.42. The Labute approximate surface area is 141 Å².